The molecule has 1 aliphatic carbocycles. The van der Waals surface area contributed by atoms with Crippen molar-refractivity contribution < 1.29 is 18.3 Å². The zero-order valence-corrected chi connectivity index (χ0v) is 21.2. The summed E-state index contributed by atoms with van der Waals surface area (Å²) in [6.07, 6.45) is 8.01. The molecule has 186 valence electrons. The van der Waals surface area contributed by atoms with E-state index in [-0.39, 0.29) is 18.2 Å². The Morgan fingerprint density at radius 2 is 1.82 bits per heavy atom. The Labute approximate surface area is 203 Å². The van der Waals surface area contributed by atoms with Crippen LogP contribution in [0.2, 0.25) is 0 Å². The molecule has 2 aliphatic rings. The lowest BCUT2D eigenvalue weighted by Crippen LogP contribution is -2.48. The highest BCUT2D eigenvalue weighted by atomic mass is 32.2. The number of nitrogens with zero attached hydrogens (tertiary/aromatic N) is 2. The summed E-state index contributed by atoms with van der Waals surface area (Å²) in [6, 6.07) is 14.1. The Bertz CT molecular complexity index is 1050. The van der Waals surface area contributed by atoms with Gasteiger partial charge in [-0.3, -0.25) is 4.98 Å². The van der Waals surface area contributed by atoms with E-state index in [1.165, 1.54) is 11.8 Å². The fourth-order valence-electron chi connectivity index (χ4n) is 5.25. The van der Waals surface area contributed by atoms with E-state index < -0.39 is 15.6 Å². The van der Waals surface area contributed by atoms with E-state index in [4.69, 9.17) is 4.74 Å². The number of ether oxygens (including phenoxy) is 1. The molecule has 2 heterocycles. The quantitative estimate of drug-likeness (QED) is 0.592. The summed E-state index contributed by atoms with van der Waals surface area (Å²) in [4.78, 5) is 6.51. The number of hydrogen-bond donors (Lipinski definition) is 2. The van der Waals surface area contributed by atoms with Gasteiger partial charge in [-0.05, 0) is 69.6 Å². The second kappa shape index (κ2) is 10.3. The van der Waals surface area contributed by atoms with Gasteiger partial charge in [-0.15, -0.1) is 0 Å². The summed E-state index contributed by atoms with van der Waals surface area (Å²) in [5.74, 6) is 0.584. The summed E-state index contributed by atoms with van der Waals surface area (Å²) in [5.41, 5.74) is 1.86. The fraction of sp³-hybridized carbons (Fsp3) is 0.577. The van der Waals surface area contributed by atoms with Crippen LogP contribution in [0, 0.1) is 0 Å². The first-order chi connectivity index (χ1) is 16.1. The van der Waals surface area contributed by atoms with E-state index in [1.54, 1.807) is 20.0 Å². The van der Waals surface area contributed by atoms with Crippen LogP contribution in [0.15, 0.2) is 48.7 Å². The summed E-state index contributed by atoms with van der Waals surface area (Å²) in [5, 5.41) is 10.4. The molecule has 34 heavy (non-hydrogen) atoms. The molecule has 2 fully saturated rings. The van der Waals surface area contributed by atoms with Gasteiger partial charge in [-0.25, -0.2) is 13.1 Å². The van der Waals surface area contributed by atoms with Crippen molar-refractivity contribution in [3.05, 3.63) is 59.9 Å². The monoisotopic (exact) mass is 487 g/mol. The lowest BCUT2D eigenvalue weighted by atomic mass is 9.83. The van der Waals surface area contributed by atoms with Crippen LogP contribution in [-0.2, 0) is 20.4 Å². The summed E-state index contributed by atoms with van der Waals surface area (Å²) >= 11 is 0. The van der Waals surface area contributed by atoms with Crippen LogP contribution in [-0.4, -0.2) is 56.1 Å². The summed E-state index contributed by atoms with van der Waals surface area (Å²) < 4.78 is 33.3. The standard InChI is InChI=1S/C26H37N3O4S/c1-26(2,30)25-17-21(13-15-27-25)29-16-14-23(28-34(3,31)32)24(29)18-33-22-11-9-20(10-12-22)19-7-5-4-6-8-19/h4-8,13,15,17,20,22-24,28,30H,9-12,14,16,18H2,1-3H3/t20-,22+,23-,24-/m0/s1. The molecule has 7 nitrogen and oxygen atoms in total. The van der Waals surface area contributed by atoms with Gasteiger partial charge < -0.3 is 14.7 Å². The Balaban J connectivity index is 1.44. The number of aliphatic hydroxyl groups is 1. The molecule has 1 saturated carbocycles. The zero-order valence-electron chi connectivity index (χ0n) is 20.4. The van der Waals surface area contributed by atoms with Gasteiger partial charge in [0.25, 0.3) is 0 Å². The van der Waals surface area contributed by atoms with Gasteiger partial charge in [0.15, 0.2) is 0 Å². The van der Waals surface area contributed by atoms with Crippen molar-refractivity contribution in [3.8, 4) is 0 Å². The number of aromatic nitrogens is 1. The Hall–Kier alpha value is -2.00. The van der Waals surface area contributed by atoms with Gasteiger partial charge in [0.05, 0.1) is 30.7 Å². The molecule has 0 unspecified atom stereocenters. The first-order valence-electron chi connectivity index (χ1n) is 12.2. The summed E-state index contributed by atoms with van der Waals surface area (Å²) in [7, 11) is -3.34. The molecule has 1 aromatic carbocycles. The predicted molar refractivity (Wildman–Crippen MR) is 134 cm³/mol. The topological polar surface area (TPSA) is 91.8 Å². The van der Waals surface area contributed by atoms with Crippen molar-refractivity contribution in [2.45, 2.75) is 75.7 Å². The van der Waals surface area contributed by atoms with E-state index in [9.17, 15) is 13.5 Å². The van der Waals surface area contributed by atoms with Crippen LogP contribution < -0.4 is 9.62 Å². The minimum atomic E-state index is -3.34. The predicted octanol–water partition coefficient (Wildman–Crippen LogP) is 3.55. The number of benzene rings is 1. The highest BCUT2D eigenvalue weighted by molar-refractivity contribution is 7.88. The second-order valence-electron chi connectivity index (χ2n) is 10.2. The maximum Gasteiger partial charge on any atom is 0.209 e. The van der Waals surface area contributed by atoms with E-state index in [1.807, 2.05) is 12.1 Å². The van der Waals surface area contributed by atoms with Gasteiger partial charge >= 0.3 is 0 Å². The molecule has 1 aliphatic heterocycles. The highest BCUT2D eigenvalue weighted by Crippen LogP contribution is 2.35. The molecule has 2 aromatic rings. The number of sulfonamides is 1. The molecular weight excluding hydrogens is 450 g/mol. The van der Waals surface area contributed by atoms with Crippen molar-refractivity contribution in [1.29, 1.82) is 0 Å². The number of rotatable bonds is 8. The van der Waals surface area contributed by atoms with Crippen LogP contribution in [0.3, 0.4) is 0 Å². The molecule has 2 atom stereocenters. The molecule has 2 N–H and O–H groups in total. The highest BCUT2D eigenvalue weighted by Gasteiger charge is 2.37. The van der Waals surface area contributed by atoms with E-state index >= 15 is 0 Å². The van der Waals surface area contributed by atoms with Crippen LogP contribution >= 0.6 is 0 Å². The molecular formula is C26H37N3O4S. The maximum atomic E-state index is 12.0. The normalized spacial score (nSPS) is 26.1. The van der Waals surface area contributed by atoms with Crippen molar-refractivity contribution in [1.82, 2.24) is 9.71 Å². The largest absolute Gasteiger partial charge is 0.384 e. The van der Waals surface area contributed by atoms with Crippen molar-refractivity contribution in [2.24, 2.45) is 0 Å². The third-order valence-electron chi connectivity index (χ3n) is 7.06. The van der Waals surface area contributed by atoms with Gasteiger partial charge in [0.1, 0.15) is 5.60 Å². The van der Waals surface area contributed by atoms with Gasteiger partial charge in [0, 0.05) is 24.5 Å². The first-order valence-corrected chi connectivity index (χ1v) is 14.1. The number of anilines is 1. The molecule has 1 aromatic heterocycles. The fourth-order valence-corrected chi connectivity index (χ4v) is 6.07. The van der Waals surface area contributed by atoms with E-state index in [0.29, 0.717) is 31.2 Å². The number of nitrogens with one attached hydrogen (secondary N) is 1. The Kier molecular flexibility index (Phi) is 7.62. The smallest absolute Gasteiger partial charge is 0.209 e. The lowest BCUT2D eigenvalue weighted by Gasteiger charge is -2.34. The third kappa shape index (κ3) is 6.36. The first kappa shape index (κ1) is 25.1. The Morgan fingerprint density at radius 1 is 1.12 bits per heavy atom. The molecule has 0 radical (unpaired) electrons. The molecule has 4 rings (SSSR count). The molecule has 0 bridgehead atoms. The van der Waals surface area contributed by atoms with E-state index in [2.05, 4.69) is 44.9 Å². The number of pyridine rings is 1. The maximum absolute atomic E-state index is 12.0. The van der Waals surface area contributed by atoms with Crippen molar-refractivity contribution in [3.63, 3.8) is 0 Å². The molecule has 0 spiro atoms. The van der Waals surface area contributed by atoms with Gasteiger partial charge in [-0.1, -0.05) is 30.3 Å². The minimum Gasteiger partial charge on any atom is -0.384 e. The average Bonchev–Trinajstić information content (AvgIpc) is 3.19. The lowest BCUT2D eigenvalue weighted by molar-refractivity contribution is 0.0157. The molecule has 0 amide bonds. The SMILES string of the molecule is CC(C)(O)c1cc(N2CC[C@H](NS(C)(=O)=O)[C@@H]2CO[C@H]2CC[C@@H](c3ccccc3)CC2)ccn1. The second-order valence-corrected chi connectivity index (χ2v) is 12.0. The minimum absolute atomic E-state index is 0.126. The van der Waals surface area contributed by atoms with Crippen molar-refractivity contribution in [2.75, 3.05) is 24.3 Å². The number of hydrogen-bond acceptors (Lipinski definition) is 6. The van der Waals surface area contributed by atoms with Crippen LogP contribution in [0.1, 0.15) is 63.1 Å². The van der Waals surface area contributed by atoms with Crippen molar-refractivity contribution >= 4 is 15.7 Å². The average molecular weight is 488 g/mol. The van der Waals surface area contributed by atoms with Crippen LogP contribution in [0.4, 0.5) is 5.69 Å². The van der Waals surface area contributed by atoms with E-state index in [0.717, 1.165) is 31.4 Å². The van der Waals surface area contributed by atoms with Crippen LogP contribution in [0.25, 0.3) is 0 Å². The Morgan fingerprint density at radius 3 is 2.47 bits per heavy atom. The summed E-state index contributed by atoms with van der Waals surface area (Å²) in [6.45, 7) is 4.58. The zero-order chi connectivity index (χ0) is 24.3. The van der Waals surface area contributed by atoms with Crippen LogP contribution in [0.5, 0.6) is 0 Å². The third-order valence-corrected chi connectivity index (χ3v) is 7.79. The van der Waals surface area contributed by atoms with Gasteiger partial charge in [-0.2, -0.15) is 0 Å². The molecule has 8 heteroatoms. The molecule has 1 saturated heterocycles. The van der Waals surface area contributed by atoms with Gasteiger partial charge in [0.2, 0.25) is 10.0 Å².